The summed E-state index contributed by atoms with van der Waals surface area (Å²) in [4.78, 5) is 11.5. The third kappa shape index (κ3) is 3.83. The lowest BCUT2D eigenvalue weighted by Crippen LogP contribution is -2.49. The van der Waals surface area contributed by atoms with Crippen molar-refractivity contribution < 1.29 is 9.53 Å². The number of hydrogen-bond donors (Lipinski definition) is 0. The second-order valence-electron chi connectivity index (χ2n) is 9.11. The van der Waals surface area contributed by atoms with Crippen molar-refractivity contribution in [3.05, 3.63) is 12.2 Å². The fraction of sp³-hybridized carbons (Fsp3) is 0.857. The van der Waals surface area contributed by atoms with Gasteiger partial charge in [0.1, 0.15) is 0 Å². The van der Waals surface area contributed by atoms with Crippen molar-refractivity contribution in [3.8, 4) is 0 Å². The molecule has 2 nitrogen and oxygen atoms in total. The first-order valence-electron chi connectivity index (χ1n) is 9.45. The van der Waals surface area contributed by atoms with E-state index in [1.165, 1.54) is 51.2 Å². The maximum absolute atomic E-state index is 11.5. The average molecular weight is 321 g/mol. The zero-order chi connectivity index (χ0) is 17.3. The zero-order valence-electron chi connectivity index (χ0n) is 15.9. The molecular weight excluding hydrogens is 284 g/mol. The minimum atomic E-state index is -0.0807. The summed E-state index contributed by atoms with van der Waals surface area (Å²) >= 11 is 0. The van der Waals surface area contributed by atoms with Gasteiger partial charge in [-0.1, -0.05) is 46.3 Å². The average Bonchev–Trinajstić information content (AvgIpc) is 2.45. The SMILES string of the molecule is C=C1CC[C@@H]2C(C)(C)CCC[C@]2(C)[C@@H]1CC[C@H](C)CC(=O)OC. The van der Waals surface area contributed by atoms with E-state index in [1.807, 2.05) is 0 Å². The summed E-state index contributed by atoms with van der Waals surface area (Å²) in [6.45, 7) is 14.1. The second-order valence-corrected chi connectivity index (χ2v) is 9.11. The maximum atomic E-state index is 11.5. The first kappa shape index (κ1) is 18.5. The molecule has 0 radical (unpaired) electrons. The fourth-order valence-electron chi connectivity index (χ4n) is 5.73. The molecule has 132 valence electrons. The Balaban J connectivity index is 2.06. The zero-order valence-corrected chi connectivity index (χ0v) is 15.9. The van der Waals surface area contributed by atoms with E-state index in [1.54, 1.807) is 0 Å². The van der Waals surface area contributed by atoms with Gasteiger partial charge >= 0.3 is 5.97 Å². The highest BCUT2D eigenvalue weighted by atomic mass is 16.5. The van der Waals surface area contributed by atoms with E-state index in [9.17, 15) is 4.79 Å². The molecule has 4 atom stereocenters. The van der Waals surface area contributed by atoms with Gasteiger partial charge in [0.15, 0.2) is 0 Å². The largest absolute Gasteiger partial charge is 0.469 e. The van der Waals surface area contributed by atoms with Gasteiger partial charge < -0.3 is 4.74 Å². The van der Waals surface area contributed by atoms with Gasteiger partial charge in [-0.05, 0) is 67.1 Å². The molecule has 2 heteroatoms. The molecule has 2 aliphatic carbocycles. The van der Waals surface area contributed by atoms with Crippen LogP contribution in [-0.2, 0) is 9.53 Å². The molecule has 2 aliphatic rings. The van der Waals surface area contributed by atoms with Gasteiger partial charge in [-0.15, -0.1) is 0 Å². The van der Waals surface area contributed by atoms with Crippen molar-refractivity contribution in [3.63, 3.8) is 0 Å². The van der Waals surface area contributed by atoms with E-state index in [4.69, 9.17) is 4.74 Å². The first-order valence-corrected chi connectivity index (χ1v) is 9.45. The van der Waals surface area contributed by atoms with Crippen molar-refractivity contribution in [2.75, 3.05) is 7.11 Å². The molecule has 2 rings (SSSR count). The van der Waals surface area contributed by atoms with E-state index >= 15 is 0 Å². The molecule has 0 bridgehead atoms. The second kappa shape index (κ2) is 6.99. The van der Waals surface area contributed by atoms with Gasteiger partial charge in [-0.25, -0.2) is 0 Å². The van der Waals surface area contributed by atoms with Crippen LogP contribution in [0.15, 0.2) is 12.2 Å². The number of rotatable bonds is 5. The smallest absolute Gasteiger partial charge is 0.305 e. The Morgan fingerprint density at radius 1 is 1.35 bits per heavy atom. The van der Waals surface area contributed by atoms with Crippen molar-refractivity contribution >= 4 is 5.97 Å². The quantitative estimate of drug-likeness (QED) is 0.475. The van der Waals surface area contributed by atoms with E-state index < -0.39 is 0 Å². The molecule has 0 unspecified atom stereocenters. The number of methoxy groups -OCH3 is 1. The highest BCUT2D eigenvalue weighted by molar-refractivity contribution is 5.69. The fourth-order valence-corrected chi connectivity index (χ4v) is 5.73. The summed E-state index contributed by atoms with van der Waals surface area (Å²) < 4.78 is 4.81. The Morgan fingerprint density at radius 2 is 2.04 bits per heavy atom. The van der Waals surface area contributed by atoms with Gasteiger partial charge in [-0.2, -0.15) is 0 Å². The minimum Gasteiger partial charge on any atom is -0.469 e. The monoisotopic (exact) mass is 320 g/mol. The third-order valence-corrected chi connectivity index (χ3v) is 7.01. The summed E-state index contributed by atoms with van der Waals surface area (Å²) in [6, 6.07) is 0. The van der Waals surface area contributed by atoms with Crippen LogP contribution in [0.4, 0.5) is 0 Å². The van der Waals surface area contributed by atoms with Gasteiger partial charge in [0.05, 0.1) is 7.11 Å². The number of carbonyl (C=O) groups excluding carboxylic acids is 1. The normalized spacial score (nSPS) is 34.6. The highest BCUT2D eigenvalue weighted by Gasteiger charge is 2.52. The van der Waals surface area contributed by atoms with Crippen molar-refractivity contribution in [2.24, 2.45) is 28.6 Å². The van der Waals surface area contributed by atoms with Crippen LogP contribution in [0.2, 0.25) is 0 Å². The topological polar surface area (TPSA) is 26.3 Å². The van der Waals surface area contributed by atoms with Crippen molar-refractivity contribution in [1.29, 1.82) is 0 Å². The lowest BCUT2D eigenvalue weighted by molar-refractivity contribution is -0.141. The number of carbonyl (C=O) groups is 1. The number of fused-ring (bicyclic) bond motifs is 1. The lowest BCUT2D eigenvalue weighted by Gasteiger charge is -2.58. The van der Waals surface area contributed by atoms with Gasteiger partial charge in [-0.3, -0.25) is 4.79 Å². The highest BCUT2D eigenvalue weighted by Crippen LogP contribution is 2.61. The molecule has 0 aromatic rings. The summed E-state index contributed by atoms with van der Waals surface area (Å²) in [7, 11) is 1.48. The van der Waals surface area contributed by atoms with Crippen molar-refractivity contribution in [2.45, 2.75) is 79.1 Å². The number of allylic oxidation sites excluding steroid dienone is 1. The molecule has 2 fully saturated rings. The summed E-state index contributed by atoms with van der Waals surface area (Å²) in [5.41, 5.74) is 2.33. The molecular formula is C21H36O2. The van der Waals surface area contributed by atoms with Crippen LogP contribution in [0.1, 0.15) is 79.1 Å². The Morgan fingerprint density at radius 3 is 2.70 bits per heavy atom. The van der Waals surface area contributed by atoms with Crippen LogP contribution >= 0.6 is 0 Å². The molecule has 23 heavy (non-hydrogen) atoms. The molecule has 0 N–H and O–H groups in total. The summed E-state index contributed by atoms with van der Waals surface area (Å²) in [5, 5.41) is 0. The van der Waals surface area contributed by atoms with Crippen LogP contribution < -0.4 is 0 Å². The van der Waals surface area contributed by atoms with Crippen molar-refractivity contribution in [1.82, 2.24) is 0 Å². The number of ether oxygens (including phenoxy) is 1. The van der Waals surface area contributed by atoms with Gasteiger partial charge in [0.25, 0.3) is 0 Å². The van der Waals surface area contributed by atoms with E-state index in [-0.39, 0.29) is 5.97 Å². The standard InChI is InChI=1S/C21H36O2/c1-15(14-19(22)23-6)8-10-17-16(2)9-11-18-20(3,4)12-7-13-21(17,18)5/h15,17-18H,2,7-14H2,1,3-6H3/t15-,17+,18+,21+/m0/s1. The molecule has 0 amide bonds. The number of hydrogen-bond acceptors (Lipinski definition) is 2. The molecule has 0 aromatic heterocycles. The first-order chi connectivity index (χ1) is 10.7. The van der Waals surface area contributed by atoms with Gasteiger partial charge in [0.2, 0.25) is 0 Å². The predicted molar refractivity (Wildman–Crippen MR) is 96.1 cm³/mol. The van der Waals surface area contributed by atoms with Crippen LogP contribution in [0, 0.1) is 28.6 Å². The van der Waals surface area contributed by atoms with Crippen LogP contribution in [0.25, 0.3) is 0 Å². The van der Waals surface area contributed by atoms with E-state index in [0.717, 1.165) is 12.3 Å². The van der Waals surface area contributed by atoms with E-state index in [2.05, 4.69) is 34.3 Å². The number of esters is 1. The Hall–Kier alpha value is -0.790. The summed E-state index contributed by atoms with van der Waals surface area (Å²) in [5.74, 6) is 1.76. The predicted octanol–water partition coefficient (Wildman–Crippen LogP) is 5.76. The summed E-state index contributed by atoms with van der Waals surface area (Å²) in [6.07, 6.45) is 9.39. The van der Waals surface area contributed by atoms with Crippen LogP contribution in [0.3, 0.4) is 0 Å². The van der Waals surface area contributed by atoms with E-state index in [0.29, 0.717) is 29.1 Å². The molecule has 0 aliphatic heterocycles. The molecule has 2 saturated carbocycles. The van der Waals surface area contributed by atoms with Crippen LogP contribution in [0.5, 0.6) is 0 Å². The molecule has 0 heterocycles. The third-order valence-electron chi connectivity index (χ3n) is 7.01. The molecule has 0 saturated heterocycles. The lowest BCUT2D eigenvalue weighted by atomic mass is 9.47. The Kier molecular flexibility index (Phi) is 5.63. The maximum Gasteiger partial charge on any atom is 0.305 e. The van der Waals surface area contributed by atoms with Crippen LogP contribution in [-0.4, -0.2) is 13.1 Å². The molecule has 0 spiro atoms. The molecule has 0 aromatic carbocycles. The Bertz CT molecular complexity index is 451. The Labute approximate surface area is 143 Å². The van der Waals surface area contributed by atoms with Gasteiger partial charge in [0, 0.05) is 6.42 Å². The minimum absolute atomic E-state index is 0.0807.